The fraction of sp³-hybridized carbons (Fsp3) is 0.300. The summed E-state index contributed by atoms with van der Waals surface area (Å²) >= 11 is 13.7. The van der Waals surface area contributed by atoms with E-state index in [-0.39, 0.29) is 5.57 Å². The van der Waals surface area contributed by atoms with E-state index in [9.17, 15) is 4.79 Å². The van der Waals surface area contributed by atoms with Crippen molar-refractivity contribution in [2.75, 3.05) is 11.9 Å². The van der Waals surface area contributed by atoms with Gasteiger partial charge in [0, 0.05) is 16.3 Å². The Labute approximate surface area is 107 Å². The van der Waals surface area contributed by atoms with Crippen LogP contribution >= 0.6 is 34.5 Å². The molecule has 0 bridgehead atoms. The van der Waals surface area contributed by atoms with Crippen LogP contribution in [-0.4, -0.2) is 18.1 Å². The molecule has 2 rings (SSSR count). The van der Waals surface area contributed by atoms with Gasteiger partial charge in [0.1, 0.15) is 5.50 Å². The molecule has 16 heavy (non-hydrogen) atoms. The zero-order chi connectivity index (χ0) is 11.7. The molecule has 0 fully saturated rings. The highest BCUT2D eigenvalue weighted by Crippen LogP contribution is 2.40. The lowest BCUT2D eigenvalue weighted by Gasteiger charge is -2.22. The maximum Gasteiger partial charge on any atom is 0.338 e. The molecular formula is C10H9Cl2NO2S. The number of anilines is 1. The second kappa shape index (κ2) is 4.65. The van der Waals surface area contributed by atoms with Crippen LogP contribution in [0.4, 0.5) is 5.69 Å². The van der Waals surface area contributed by atoms with Gasteiger partial charge in [-0.25, -0.2) is 4.79 Å². The van der Waals surface area contributed by atoms with Gasteiger partial charge in [-0.05, 0) is 6.92 Å². The van der Waals surface area contributed by atoms with Crippen molar-refractivity contribution < 1.29 is 9.53 Å². The molecule has 0 aliphatic carbocycles. The summed E-state index contributed by atoms with van der Waals surface area (Å²) in [5.41, 5.74) is 1.28. The van der Waals surface area contributed by atoms with Crippen LogP contribution in [0.25, 0.3) is 5.03 Å². The third kappa shape index (κ3) is 1.93. The fourth-order valence-electron chi connectivity index (χ4n) is 1.45. The van der Waals surface area contributed by atoms with Crippen molar-refractivity contribution in [3.8, 4) is 0 Å². The van der Waals surface area contributed by atoms with Crippen LogP contribution < -0.4 is 5.32 Å². The minimum atomic E-state index is -0.645. The van der Waals surface area contributed by atoms with Gasteiger partial charge >= 0.3 is 5.97 Å². The van der Waals surface area contributed by atoms with Gasteiger partial charge in [-0.15, -0.1) is 11.3 Å². The van der Waals surface area contributed by atoms with Crippen molar-refractivity contribution in [3.05, 3.63) is 21.9 Å². The Balaban J connectivity index is 2.43. The van der Waals surface area contributed by atoms with Gasteiger partial charge in [0.15, 0.2) is 0 Å². The zero-order valence-electron chi connectivity index (χ0n) is 8.42. The van der Waals surface area contributed by atoms with Crippen LogP contribution in [0, 0.1) is 0 Å². The average Bonchev–Trinajstić information content (AvgIpc) is 2.66. The van der Waals surface area contributed by atoms with E-state index in [1.54, 1.807) is 6.92 Å². The number of alkyl halides is 1. The number of esters is 1. The van der Waals surface area contributed by atoms with E-state index < -0.39 is 11.5 Å². The van der Waals surface area contributed by atoms with E-state index >= 15 is 0 Å². The standard InChI is InChI=1S/C10H9Cl2NO2S/c1-2-15-10(14)7-8(11)5-3-16-4-6(5)13-9(7)12/h3-4,9,13H,2H2,1H3. The molecule has 0 aromatic carbocycles. The summed E-state index contributed by atoms with van der Waals surface area (Å²) < 4.78 is 4.91. The van der Waals surface area contributed by atoms with Crippen LogP contribution in [0.15, 0.2) is 16.3 Å². The molecule has 0 spiro atoms. The first kappa shape index (κ1) is 11.8. The molecule has 0 saturated heterocycles. The molecule has 6 heteroatoms. The first-order valence-electron chi connectivity index (χ1n) is 4.69. The van der Waals surface area contributed by atoms with Crippen LogP contribution in [0.5, 0.6) is 0 Å². The van der Waals surface area contributed by atoms with Crippen molar-refractivity contribution in [1.29, 1.82) is 0 Å². The highest BCUT2D eigenvalue weighted by atomic mass is 35.5. The van der Waals surface area contributed by atoms with Crippen molar-refractivity contribution in [1.82, 2.24) is 0 Å². The zero-order valence-corrected chi connectivity index (χ0v) is 10.7. The van der Waals surface area contributed by atoms with Crippen LogP contribution in [0.3, 0.4) is 0 Å². The number of fused-ring (bicyclic) bond motifs is 1. The lowest BCUT2D eigenvalue weighted by Crippen LogP contribution is -2.26. The molecule has 1 atom stereocenters. The third-order valence-corrected chi connectivity index (χ3v) is 3.64. The Morgan fingerprint density at radius 2 is 2.38 bits per heavy atom. The molecule has 1 aliphatic heterocycles. The summed E-state index contributed by atoms with van der Waals surface area (Å²) in [6, 6.07) is 0. The predicted molar refractivity (Wildman–Crippen MR) is 67.0 cm³/mol. The van der Waals surface area contributed by atoms with Crippen molar-refractivity contribution in [2.45, 2.75) is 12.4 Å². The van der Waals surface area contributed by atoms with E-state index in [1.807, 2.05) is 10.8 Å². The van der Waals surface area contributed by atoms with Gasteiger partial charge in [-0.2, -0.15) is 0 Å². The highest BCUT2D eigenvalue weighted by molar-refractivity contribution is 7.08. The Morgan fingerprint density at radius 1 is 1.62 bits per heavy atom. The lowest BCUT2D eigenvalue weighted by molar-refractivity contribution is -0.138. The largest absolute Gasteiger partial charge is 0.462 e. The van der Waals surface area contributed by atoms with Crippen LogP contribution in [0.1, 0.15) is 12.5 Å². The Morgan fingerprint density at radius 3 is 3.06 bits per heavy atom. The molecule has 3 nitrogen and oxygen atoms in total. The third-order valence-electron chi connectivity index (χ3n) is 2.17. The first-order chi connectivity index (χ1) is 7.65. The summed E-state index contributed by atoms with van der Waals surface area (Å²) in [5, 5.41) is 7.13. The molecule has 0 radical (unpaired) electrons. The van der Waals surface area contributed by atoms with Crippen molar-refractivity contribution >= 4 is 51.2 Å². The van der Waals surface area contributed by atoms with Crippen LogP contribution in [0.2, 0.25) is 0 Å². The monoisotopic (exact) mass is 277 g/mol. The highest BCUT2D eigenvalue weighted by Gasteiger charge is 2.30. The maximum atomic E-state index is 11.7. The smallest absolute Gasteiger partial charge is 0.338 e. The van der Waals surface area contributed by atoms with Gasteiger partial charge < -0.3 is 10.1 Å². The molecule has 1 aromatic rings. The van der Waals surface area contributed by atoms with Gasteiger partial charge in [-0.1, -0.05) is 23.2 Å². The molecule has 2 heterocycles. The second-order valence-corrected chi connectivity index (χ2v) is 4.71. The molecule has 1 N–H and O–H groups in total. The van der Waals surface area contributed by atoms with Gasteiger partial charge in [0.25, 0.3) is 0 Å². The number of nitrogens with one attached hydrogen (secondary N) is 1. The fourth-order valence-corrected chi connectivity index (χ4v) is 3.00. The number of halogens is 2. The summed E-state index contributed by atoms with van der Waals surface area (Å²) in [5.74, 6) is -0.475. The second-order valence-electron chi connectivity index (χ2n) is 3.15. The normalized spacial score (nSPS) is 19.1. The summed E-state index contributed by atoms with van der Waals surface area (Å²) in [6.45, 7) is 2.04. The van der Waals surface area contributed by atoms with E-state index in [1.165, 1.54) is 11.3 Å². The molecule has 1 aromatic heterocycles. The Hall–Kier alpha value is -0.710. The predicted octanol–water partition coefficient (Wildman–Crippen LogP) is 3.25. The molecule has 1 unspecified atom stereocenters. The molecule has 1 aliphatic rings. The number of thiophene rings is 1. The molecular weight excluding hydrogens is 269 g/mol. The maximum absolute atomic E-state index is 11.7. The van der Waals surface area contributed by atoms with E-state index in [0.29, 0.717) is 11.6 Å². The summed E-state index contributed by atoms with van der Waals surface area (Å²) in [7, 11) is 0. The quantitative estimate of drug-likeness (QED) is 0.512. The topological polar surface area (TPSA) is 38.3 Å². The molecule has 0 saturated carbocycles. The average molecular weight is 278 g/mol. The van der Waals surface area contributed by atoms with Crippen LogP contribution in [-0.2, 0) is 9.53 Å². The minimum absolute atomic E-state index is 0.274. The number of carbonyl (C=O) groups is 1. The van der Waals surface area contributed by atoms with E-state index in [0.717, 1.165) is 11.3 Å². The van der Waals surface area contributed by atoms with Gasteiger partial charge in [-0.3, -0.25) is 0 Å². The van der Waals surface area contributed by atoms with Crippen molar-refractivity contribution in [3.63, 3.8) is 0 Å². The first-order valence-corrected chi connectivity index (χ1v) is 6.44. The number of hydrogen-bond donors (Lipinski definition) is 1. The lowest BCUT2D eigenvalue weighted by atomic mass is 10.1. The number of ether oxygens (including phenoxy) is 1. The Kier molecular flexibility index (Phi) is 3.42. The Bertz CT molecular complexity index is 455. The summed E-state index contributed by atoms with van der Waals surface area (Å²) in [6.07, 6.45) is 0. The van der Waals surface area contributed by atoms with Crippen molar-refractivity contribution in [2.24, 2.45) is 0 Å². The van der Waals surface area contributed by atoms with E-state index in [4.69, 9.17) is 27.9 Å². The molecule has 86 valence electrons. The number of carbonyl (C=O) groups excluding carboxylic acids is 1. The SMILES string of the molecule is CCOC(=O)C1=C(Cl)c2cscc2NC1Cl. The number of hydrogen-bond acceptors (Lipinski definition) is 4. The molecule has 0 amide bonds. The number of rotatable bonds is 2. The van der Waals surface area contributed by atoms with Gasteiger partial charge in [0.05, 0.1) is 22.9 Å². The van der Waals surface area contributed by atoms with Gasteiger partial charge in [0.2, 0.25) is 0 Å². The summed E-state index contributed by atoms with van der Waals surface area (Å²) in [4.78, 5) is 11.7. The minimum Gasteiger partial charge on any atom is -0.462 e. The van der Waals surface area contributed by atoms with E-state index in [2.05, 4.69) is 5.32 Å².